The van der Waals surface area contributed by atoms with Crippen LogP contribution in [0.1, 0.15) is 10.4 Å². The second kappa shape index (κ2) is 12.5. The molecule has 8 nitrogen and oxygen atoms in total. The summed E-state index contributed by atoms with van der Waals surface area (Å²) in [6, 6.07) is 37.8. The molecule has 0 saturated heterocycles. The minimum Gasteiger partial charge on any atom is -0.432 e. The molecule has 7 rings (SSSR count). The number of amides is 1. The Morgan fingerprint density at radius 2 is 1.35 bits per heavy atom. The van der Waals surface area contributed by atoms with Gasteiger partial charge in [0.2, 0.25) is 0 Å². The predicted molar refractivity (Wildman–Crippen MR) is 186 cm³/mol. The molecule has 1 N–H and O–H groups in total. The first-order valence-electron chi connectivity index (χ1n) is 14.5. The van der Waals surface area contributed by atoms with Crippen LogP contribution in [0.15, 0.2) is 134 Å². The molecule has 0 radical (unpaired) electrons. The minimum atomic E-state index is -0.273. The number of rotatable bonds is 6. The number of pyridine rings is 2. The fourth-order valence-electron chi connectivity index (χ4n) is 5.03. The van der Waals surface area contributed by atoms with Crippen LogP contribution < -0.4 is 15.0 Å². The lowest BCUT2D eigenvalue weighted by Crippen LogP contribution is -2.29. The van der Waals surface area contributed by atoms with Crippen LogP contribution in [0.4, 0.5) is 11.4 Å². The number of nitrogens with one attached hydrogen (secondary N) is 1. The van der Waals surface area contributed by atoms with Gasteiger partial charge >= 0.3 is 0 Å². The zero-order valence-electron chi connectivity index (χ0n) is 24.7. The number of ether oxygens (including phenoxy) is 1. The lowest BCUT2D eigenvalue weighted by Gasteiger charge is -2.20. The second-order valence-corrected chi connectivity index (χ2v) is 10.8. The third-order valence-corrected chi connectivity index (χ3v) is 7.81. The first-order chi connectivity index (χ1) is 22.5. The van der Waals surface area contributed by atoms with Gasteiger partial charge in [0.25, 0.3) is 11.1 Å². The van der Waals surface area contributed by atoms with Gasteiger partial charge in [0, 0.05) is 36.4 Å². The summed E-state index contributed by atoms with van der Waals surface area (Å²) in [6.45, 7) is 0. The van der Waals surface area contributed by atoms with Crippen molar-refractivity contribution in [2.45, 2.75) is 0 Å². The Bertz CT molecular complexity index is 2210. The predicted octanol–water partition coefficient (Wildman–Crippen LogP) is 7.96. The molecule has 0 bridgehead atoms. The van der Waals surface area contributed by atoms with Crippen LogP contribution in [-0.2, 0) is 0 Å². The van der Waals surface area contributed by atoms with E-state index in [2.05, 4.69) is 39.6 Å². The first-order valence-corrected chi connectivity index (χ1v) is 14.9. The van der Waals surface area contributed by atoms with Crippen LogP contribution >= 0.6 is 12.2 Å². The summed E-state index contributed by atoms with van der Waals surface area (Å²) in [5.74, 6) is 0.255. The fraction of sp³-hybridized carbons (Fsp3) is 0.0270. The van der Waals surface area contributed by atoms with Gasteiger partial charge in [0.1, 0.15) is 17.1 Å². The van der Waals surface area contributed by atoms with E-state index >= 15 is 0 Å². The van der Waals surface area contributed by atoms with E-state index < -0.39 is 0 Å². The van der Waals surface area contributed by atoms with Gasteiger partial charge < -0.3 is 15.0 Å². The SMILES string of the molecule is CN(C(=S)Oc1ccc(C(=O)Nc2ccc3nc(-c4ccccn4)c(-c4ccccn4)nc3c2)cc1)c1ccc2ccccc2c1. The third kappa shape index (κ3) is 5.99. The van der Waals surface area contributed by atoms with Crippen molar-refractivity contribution in [1.82, 2.24) is 19.9 Å². The average molecular weight is 619 g/mol. The molecular weight excluding hydrogens is 593 g/mol. The first kappa shape index (κ1) is 28.7. The van der Waals surface area contributed by atoms with Crippen molar-refractivity contribution in [1.29, 1.82) is 0 Å². The topological polar surface area (TPSA) is 93.1 Å². The number of hydrogen-bond acceptors (Lipinski definition) is 7. The molecule has 0 spiro atoms. The fourth-order valence-corrected chi connectivity index (χ4v) is 5.23. The van der Waals surface area contributed by atoms with Gasteiger partial charge in [0.15, 0.2) is 0 Å². The second-order valence-electron chi connectivity index (χ2n) is 10.5. The molecule has 3 aromatic heterocycles. The Hall–Kier alpha value is -6.06. The normalized spacial score (nSPS) is 10.9. The lowest BCUT2D eigenvalue weighted by molar-refractivity contribution is 0.102. The zero-order chi connectivity index (χ0) is 31.5. The number of fused-ring (bicyclic) bond motifs is 2. The van der Waals surface area contributed by atoms with E-state index in [9.17, 15) is 4.79 Å². The van der Waals surface area contributed by atoms with E-state index in [4.69, 9.17) is 26.9 Å². The summed E-state index contributed by atoms with van der Waals surface area (Å²) >= 11 is 5.56. The van der Waals surface area contributed by atoms with Gasteiger partial charge in [-0.1, -0.05) is 42.5 Å². The lowest BCUT2D eigenvalue weighted by atomic mass is 10.1. The molecule has 7 aromatic rings. The number of nitrogens with zero attached hydrogens (tertiary/aromatic N) is 5. The maximum Gasteiger partial charge on any atom is 0.269 e. The molecule has 0 unspecified atom stereocenters. The number of thiocarbonyl (C=S) groups is 1. The molecule has 0 fully saturated rings. The van der Waals surface area contributed by atoms with Gasteiger partial charge in [-0.25, -0.2) is 9.97 Å². The van der Waals surface area contributed by atoms with Crippen LogP contribution in [0.3, 0.4) is 0 Å². The highest BCUT2D eigenvalue weighted by atomic mass is 32.1. The number of benzene rings is 4. The Balaban J connectivity index is 1.07. The van der Waals surface area contributed by atoms with Crippen LogP contribution in [0.5, 0.6) is 5.75 Å². The smallest absolute Gasteiger partial charge is 0.269 e. The Morgan fingerprint density at radius 3 is 2.02 bits per heavy atom. The number of aromatic nitrogens is 4. The molecule has 46 heavy (non-hydrogen) atoms. The van der Waals surface area contributed by atoms with Crippen LogP contribution in [0.2, 0.25) is 0 Å². The van der Waals surface area contributed by atoms with Crippen molar-refractivity contribution in [3.8, 4) is 28.5 Å². The van der Waals surface area contributed by atoms with Crippen molar-refractivity contribution < 1.29 is 9.53 Å². The molecule has 9 heteroatoms. The summed E-state index contributed by atoms with van der Waals surface area (Å²) in [4.78, 5) is 33.7. The average Bonchev–Trinajstić information content (AvgIpc) is 3.11. The van der Waals surface area contributed by atoms with E-state index in [1.165, 1.54) is 0 Å². The van der Waals surface area contributed by atoms with Crippen molar-refractivity contribution in [3.05, 3.63) is 139 Å². The highest BCUT2D eigenvalue weighted by Gasteiger charge is 2.16. The highest BCUT2D eigenvalue weighted by molar-refractivity contribution is 7.80. The maximum atomic E-state index is 13.2. The molecule has 1 amide bonds. The standard InChI is InChI=1S/C37H26N6O2S/c1-43(28-16-12-24-8-2-3-9-26(24)22-28)37(46)45-29-17-13-25(14-18-29)36(44)40-27-15-19-30-33(23-27)42-35(32-11-5-7-21-39-32)34(41-30)31-10-4-6-20-38-31/h2-23H,1H3,(H,40,44). The van der Waals surface area contributed by atoms with Crippen LogP contribution in [0, 0.1) is 0 Å². The van der Waals surface area contributed by atoms with Gasteiger partial charge in [-0.15, -0.1) is 0 Å². The molecule has 0 aliphatic heterocycles. The molecule has 4 aromatic carbocycles. The molecule has 0 aliphatic rings. The Morgan fingerprint density at radius 1 is 0.696 bits per heavy atom. The number of carbonyl (C=O) groups is 1. The molecule has 222 valence electrons. The van der Waals surface area contributed by atoms with E-state index in [1.54, 1.807) is 48.8 Å². The molecule has 3 heterocycles. The maximum absolute atomic E-state index is 13.2. The third-order valence-electron chi connectivity index (χ3n) is 7.45. The Labute approximate surface area is 270 Å². The number of hydrogen-bond donors (Lipinski definition) is 1. The minimum absolute atomic E-state index is 0.273. The number of carbonyl (C=O) groups excluding carboxylic acids is 1. The zero-order valence-corrected chi connectivity index (χ0v) is 25.5. The van der Waals surface area contributed by atoms with Gasteiger partial charge in [-0.3, -0.25) is 14.8 Å². The van der Waals surface area contributed by atoms with Gasteiger partial charge in [-0.05, 0) is 102 Å². The van der Waals surface area contributed by atoms with Crippen molar-refractivity contribution in [2.75, 3.05) is 17.3 Å². The highest BCUT2D eigenvalue weighted by Crippen LogP contribution is 2.30. The molecule has 0 aliphatic carbocycles. The van der Waals surface area contributed by atoms with E-state index in [1.807, 2.05) is 72.6 Å². The van der Waals surface area contributed by atoms with Crippen molar-refractivity contribution in [2.24, 2.45) is 0 Å². The molecule has 0 atom stereocenters. The van der Waals surface area contributed by atoms with Crippen LogP contribution in [-0.4, -0.2) is 38.1 Å². The summed E-state index contributed by atoms with van der Waals surface area (Å²) in [5.41, 5.74) is 5.87. The molecular formula is C37H26N6O2S. The van der Waals surface area contributed by atoms with Gasteiger partial charge in [0.05, 0.1) is 22.4 Å². The molecule has 0 saturated carbocycles. The largest absolute Gasteiger partial charge is 0.432 e. The summed E-state index contributed by atoms with van der Waals surface area (Å²) in [6.07, 6.45) is 3.44. The van der Waals surface area contributed by atoms with Crippen molar-refractivity contribution in [3.63, 3.8) is 0 Å². The quantitative estimate of drug-likeness (QED) is 0.188. The van der Waals surface area contributed by atoms with E-state index in [0.717, 1.165) is 16.5 Å². The van der Waals surface area contributed by atoms with Crippen LogP contribution in [0.25, 0.3) is 44.6 Å². The summed E-state index contributed by atoms with van der Waals surface area (Å²) in [5, 5.41) is 5.52. The van der Waals surface area contributed by atoms with E-state index in [0.29, 0.717) is 56.0 Å². The van der Waals surface area contributed by atoms with Crippen molar-refractivity contribution >= 4 is 56.5 Å². The Kier molecular flexibility index (Phi) is 7.80. The van der Waals surface area contributed by atoms with Gasteiger partial charge in [-0.2, -0.15) is 0 Å². The van der Waals surface area contributed by atoms with E-state index in [-0.39, 0.29) is 5.91 Å². The monoisotopic (exact) mass is 618 g/mol. The summed E-state index contributed by atoms with van der Waals surface area (Å²) < 4.78 is 5.93. The summed E-state index contributed by atoms with van der Waals surface area (Å²) in [7, 11) is 1.86. The number of anilines is 2.